The van der Waals surface area contributed by atoms with Gasteiger partial charge in [-0.2, -0.15) is 26.3 Å². The monoisotopic (exact) mass is 433 g/mol. The minimum absolute atomic E-state index is 0.348. The lowest BCUT2D eigenvalue weighted by molar-refractivity contribution is -0.354. The predicted molar refractivity (Wildman–Crippen MR) is 90.9 cm³/mol. The summed E-state index contributed by atoms with van der Waals surface area (Å²) in [6.45, 7) is 6.63. The Bertz CT molecular complexity index is 647. The Hall–Kier alpha value is -1.78. The van der Waals surface area contributed by atoms with Crippen molar-refractivity contribution in [3.63, 3.8) is 0 Å². The second-order valence-electron chi connectivity index (χ2n) is 8.31. The zero-order valence-electron chi connectivity index (χ0n) is 17.0. The van der Waals surface area contributed by atoms with Crippen molar-refractivity contribution in [2.75, 3.05) is 6.61 Å². The number of hydrogen-bond acceptors (Lipinski definition) is 4. The summed E-state index contributed by atoms with van der Waals surface area (Å²) in [7, 11) is 0. The minimum Gasteiger partial charge on any atom is -0.444 e. The van der Waals surface area contributed by atoms with Gasteiger partial charge in [0, 0.05) is 0 Å². The van der Waals surface area contributed by atoms with E-state index in [0.717, 1.165) is 6.92 Å². The lowest BCUT2D eigenvalue weighted by Gasteiger charge is -2.45. The molecular formula is C18H25F6NO4. The van der Waals surface area contributed by atoms with Gasteiger partial charge in [-0.25, -0.2) is 4.79 Å². The van der Waals surface area contributed by atoms with Crippen LogP contribution in [0.3, 0.4) is 0 Å². The Labute approximate surface area is 165 Å². The summed E-state index contributed by atoms with van der Waals surface area (Å²) in [6, 6.07) is -2.45. The Morgan fingerprint density at radius 3 is 1.97 bits per heavy atom. The first-order valence-electron chi connectivity index (χ1n) is 8.73. The Morgan fingerprint density at radius 1 is 1.10 bits per heavy atom. The number of rotatable bonds is 4. The second kappa shape index (κ2) is 7.81. The topological polar surface area (TPSA) is 55.8 Å². The van der Waals surface area contributed by atoms with Crippen LogP contribution in [0, 0.1) is 5.41 Å². The van der Waals surface area contributed by atoms with Crippen molar-refractivity contribution in [1.29, 1.82) is 0 Å². The second-order valence-corrected chi connectivity index (χ2v) is 8.31. The average molecular weight is 433 g/mol. The molecule has 0 radical (unpaired) electrons. The van der Waals surface area contributed by atoms with Gasteiger partial charge in [0.15, 0.2) is 11.2 Å². The van der Waals surface area contributed by atoms with Gasteiger partial charge in [0.1, 0.15) is 11.3 Å². The van der Waals surface area contributed by atoms with Crippen LogP contribution < -0.4 is 0 Å². The van der Waals surface area contributed by atoms with Crippen LogP contribution in [-0.2, 0) is 14.3 Å². The summed E-state index contributed by atoms with van der Waals surface area (Å²) in [5.41, 5.74) is -7.30. The quantitative estimate of drug-likeness (QED) is 0.462. The number of hydrogen-bond donors (Lipinski definition) is 0. The van der Waals surface area contributed by atoms with Gasteiger partial charge in [0.25, 0.3) is 0 Å². The van der Waals surface area contributed by atoms with E-state index in [0.29, 0.717) is 17.1 Å². The van der Waals surface area contributed by atoms with Crippen molar-refractivity contribution in [3.05, 3.63) is 12.2 Å². The first-order chi connectivity index (χ1) is 12.8. The van der Waals surface area contributed by atoms with E-state index < -0.39 is 60.0 Å². The van der Waals surface area contributed by atoms with Crippen molar-refractivity contribution < 1.29 is 45.4 Å². The van der Waals surface area contributed by atoms with Gasteiger partial charge in [0.05, 0.1) is 12.6 Å². The summed E-state index contributed by atoms with van der Waals surface area (Å²) in [5, 5.41) is 0. The van der Waals surface area contributed by atoms with E-state index in [-0.39, 0.29) is 0 Å². The van der Waals surface area contributed by atoms with Crippen LogP contribution in [0.2, 0.25) is 0 Å². The molecule has 0 N–H and O–H groups in total. The number of allylic oxidation sites excluding steroid dienone is 2. The molecule has 1 heterocycles. The minimum atomic E-state index is -5.80. The number of halogens is 6. The third kappa shape index (κ3) is 5.23. The van der Waals surface area contributed by atoms with Gasteiger partial charge in [-0.05, 0) is 54.0 Å². The molecule has 11 heteroatoms. The highest BCUT2D eigenvalue weighted by Crippen LogP contribution is 2.58. The van der Waals surface area contributed by atoms with Crippen LogP contribution in [0.4, 0.5) is 31.1 Å². The third-order valence-corrected chi connectivity index (χ3v) is 4.45. The molecule has 0 bridgehead atoms. The summed E-state index contributed by atoms with van der Waals surface area (Å²) < 4.78 is 94.2. The number of alkyl halides is 6. The first-order valence-corrected chi connectivity index (χ1v) is 8.73. The molecular weight excluding hydrogens is 408 g/mol. The van der Waals surface area contributed by atoms with Gasteiger partial charge in [-0.3, -0.25) is 9.69 Å². The number of nitrogens with zero attached hydrogens (tertiary/aromatic N) is 1. The van der Waals surface area contributed by atoms with E-state index in [1.165, 1.54) is 34.6 Å². The SMILES string of the molecule is CC(=O)/C=C/CC(C1COC(C)(C)N1C(=O)OC(C)(C)C)(C(F)(F)F)C(F)(F)F. The molecule has 1 fully saturated rings. The van der Waals surface area contributed by atoms with Crippen LogP contribution >= 0.6 is 0 Å². The molecule has 0 saturated carbocycles. The fourth-order valence-corrected chi connectivity index (χ4v) is 3.14. The van der Waals surface area contributed by atoms with Crippen LogP contribution in [0.15, 0.2) is 12.2 Å². The zero-order chi connectivity index (χ0) is 23.1. The molecule has 0 spiro atoms. The van der Waals surface area contributed by atoms with E-state index in [2.05, 4.69) is 0 Å². The van der Waals surface area contributed by atoms with Gasteiger partial charge in [-0.1, -0.05) is 6.08 Å². The molecule has 0 aliphatic carbocycles. The molecule has 1 amide bonds. The smallest absolute Gasteiger partial charge is 0.412 e. The van der Waals surface area contributed by atoms with Crippen LogP contribution in [-0.4, -0.2) is 53.1 Å². The lowest BCUT2D eigenvalue weighted by Crippen LogP contribution is -2.65. The van der Waals surface area contributed by atoms with Gasteiger partial charge in [-0.15, -0.1) is 0 Å². The summed E-state index contributed by atoms with van der Waals surface area (Å²) >= 11 is 0. The van der Waals surface area contributed by atoms with Crippen LogP contribution in [0.1, 0.15) is 48.0 Å². The molecule has 29 heavy (non-hydrogen) atoms. The number of carbonyl (C=O) groups excluding carboxylic acids is 2. The Morgan fingerprint density at radius 2 is 1.59 bits per heavy atom. The van der Waals surface area contributed by atoms with Crippen molar-refractivity contribution in [2.24, 2.45) is 5.41 Å². The van der Waals surface area contributed by atoms with E-state index in [1.54, 1.807) is 0 Å². The first kappa shape index (κ1) is 25.3. The summed E-state index contributed by atoms with van der Waals surface area (Å²) in [4.78, 5) is 24.0. The van der Waals surface area contributed by atoms with Crippen molar-refractivity contribution in [3.8, 4) is 0 Å². The molecule has 0 aromatic carbocycles. The third-order valence-electron chi connectivity index (χ3n) is 4.45. The predicted octanol–water partition coefficient (Wildman–Crippen LogP) is 5.00. The van der Waals surface area contributed by atoms with Crippen LogP contribution in [0.25, 0.3) is 0 Å². The van der Waals surface area contributed by atoms with E-state index in [1.807, 2.05) is 0 Å². The number of ketones is 1. The zero-order valence-corrected chi connectivity index (χ0v) is 17.0. The van der Waals surface area contributed by atoms with Gasteiger partial charge < -0.3 is 9.47 Å². The van der Waals surface area contributed by atoms with Crippen molar-refractivity contribution >= 4 is 11.9 Å². The molecule has 1 atom stereocenters. The highest BCUT2D eigenvalue weighted by atomic mass is 19.4. The molecule has 1 aliphatic heterocycles. The molecule has 1 aliphatic rings. The average Bonchev–Trinajstić information content (AvgIpc) is 2.74. The van der Waals surface area contributed by atoms with Gasteiger partial charge >= 0.3 is 18.4 Å². The van der Waals surface area contributed by atoms with E-state index in [9.17, 15) is 35.9 Å². The highest BCUT2D eigenvalue weighted by Gasteiger charge is 2.76. The molecule has 1 saturated heterocycles. The fraction of sp³-hybridized carbons (Fsp3) is 0.778. The number of carbonyl (C=O) groups is 2. The molecule has 0 aromatic heterocycles. The number of ether oxygens (including phenoxy) is 2. The highest BCUT2D eigenvalue weighted by molar-refractivity contribution is 5.87. The van der Waals surface area contributed by atoms with Gasteiger partial charge in [0.2, 0.25) is 0 Å². The molecule has 168 valence electrons. The van der Waals surface area contributed by atoms with Crippen LogP contribution in [0.5, 0.6) is 0 Å². The Kier molecular flexibility index (Phi) is 6.80. The summed E-state index contributed by atoms with van der Waals surface area (Å²) in [6.07, 6.45) is -13.4. The van der Waals surface area contributed by atoms with E-state index in [4.69, 9.17) is 9.47 Å². The molecule has 5 nitrogen and oxygen atoms in total. The van der Waals surface area contributed by atoms with E-state index >= 15 is 0 Å². The maximum Gasteiger partial charge on any atom is 0.412 e. The molecule has 1 rings (SSSR count). The fourth-order valence-electron chi connectivity index (χ4n) is 3.14. The molecule has 1 unspecified atom stereocenters. The maximum absolute atomic E-state index is 14.0. The lowest BCUT2D eigenvalue weighted by atomic mass is 9.74. The number of amides is 1. The Balaban J connectivity index is 3.64. The normalized spacial score (nSPS) is 21.0. The van der Waals surface area contributed by atoms with Crippen molar-refractivity contribution in [1.82, 2.24) is 4.90 Å². The largest absolute Gasteiger partial charge is 0.444 e. The summed E-state index contributed by atoms with van der Waals surface area (Å²) in [5.74, 6) is -0.713. The molecule has 0 aromatic rings. The van der Waals surface area contributed by atoms with Crippen molar-refractivity contribution in [2.45, 2.75) is 77.7 Å². The standard InChI is InChI=1S/C18H25F6NO4/c1-11(26)8-7-9-16(17(19,20)21,18(22,23)24)12-10-28-15(5,6)25(12)13(27)29-14(2,3)4/h7-8,12H,9-10H2,1-6H3/b8-7+. The maximum atomic E-state index is 14.0.